The van der Waals surface area contributed by atoms with Crippen molar-refractivity contribution < 1.29 is 22.3 Å². The van der Waals surface area contributed by atoms with Crippen molar-refractivity contribution in [3.63, 3.8) is 0 Å². The Labute approximate surface area is 152 Å². The molecule has 1 atom stereocenters. The molecule has 0 unspecified atom stereocenters. The molecule has 2 aromatic carbocycles. The summed E-state index contributed by atoms with van der Waals surface area (Å²) in [5, 5.41) is 2.75. The molecule has 0 heterocycles. The highest BCUT2D eigenvalue weighted by molar-refractivity contribution is 7.89. The van der Waals surface area contributed by atoms with Gasteiger partial charge < -0.3 is 10.1 Å². The Hall–Kier alpha value is -2.45. The molecular formula is C18H21FN2O4S. The summed E-state index contributed by atoms with van der Waals surface area (Å²) in [5.41, 5.74) is 0.776. The SMILES string of the molecule is C[C@@H](NC(=O)COc1ccc(S(=O)(=O)N(C)C)cc1)c1ccc(F)cc1. The molecule has 0 spiro atoms. The summed E-state index contributed by atoms with van der Waals surface area (Å²) in [6.07, 6.45) is 0. The van der Waals surface area contributed by atoms with Crippen LogP contribution in [0.2, 0.25) is 0 Å². The second-order valence-corrected chi connectivity index (χ2v) is 8.04. The van der Waals surface area contributed by atoms with Crippen LogP contribution in [-0.4, -0.2) is 39.3 Å². The number of halogens is 1. The Kier molecular flexibility index (Phi) is 6.33. The predicted molar refractivity (Wildman–Crippen MR) is 95.8 cm³/mol. The van der Waals surface area contributed by atoms with Gasteiger partial charge in [-0.1, -0.05) is 12.1 Å². The maximum atomic E-state index is 12.9. The van der Waals surface area contributed by atoms with E-state index in [9.17, 15) is 17.6 Å². The first-order chi connectivity index (χ1) is 12.2. The maximum absolute atomic E-state index is 12.9. The van der Waals surface area contributed by atoms with Crippen LogP contribution in [0, 0.1) is 5.82 Å². The number of ether oxygens (including phenoxy) is 1. The number of hydrogen-bond acceptors (Lipinski definition) is 4. The number of sulfonamides is 1. The minimum Gasteiger partial charge on any atom is -0.484 e. The lowest BCUT2D eigenvalue weighted by atomic mass is 10.1. The molecule has 0 saturated heterocycles. The van der Waals surface area contributed by atoms with Crippen LogP contribution < -0.4 is 10.1 Å². The average Bonchev–Trinajstić information content (AvgIpc) is 2.60. The average molecular weight is 380 g/mol. The molecule has 1 N–H and O–H groups in total. The monoisotopic (exact) mass is 380 g/mol. The Balaban J connectivity index is 1.90. The summed E-state index contributed by atoms with van der Waals surface area (Å²) < 4.78 is 43.4. The molecule has 8 heteroatoms. The molecule has 2 aromatic rings. The molecule has 0 aliphatic rings. The molecule has 140 valence electrons. The number of carbonyl (C=O) groups excluding carboxylic acids is 1. The highest BCUT2D eigenvalue weighted by Crippen LogP contribution is 2.18. The molecule has 0 aromatic heterocycles. The van der Waals surface area contributed by atoms with Gasteiger partial charge in [-0.25, -0.2) is 17.1 Å². The lowest BCUT2D eigenvalue weighted by Gasteiger charge is -2.15. The normalized spacial score (nSPS) is 12.7. The number of hydrogen-bond donors (Lipinski definition) is 1. The number of nitrogens with zero attached hydrogens (tertiary/aromatic N) is 1. The zero-order valence-corrected chi connectivity index (χ0v) is 15.6. The van der Waals surface area contributed by atoms with Crippen LogP contribution in [0.25, 0.3) is 0 Å². The number of amides is 1. The summed E-state index contributed by atoms with van der Waals surface area (Å²) in [4.78, 5) is 12.1. The van der Waals surface area contributed by atoms with E-state index in [2.05, 4.69) is 5.32 Å². The van der Waals surface area contributed by atoms with Crippen LogP contribution in [0.5, 0.6) is 5.75 Å². The fourth-order valence-corrected chi connectivity index (χ4v) is 3.09. The van der Waals surface area contributed by atoms with E-state index < -0.39 is 10.0 Å². The van der Waals surface area contributed by atoms with Gasteiger partial charge in [0.15, 0.2) is 6.61 Å². The molecule has 0 aliphatic heterocycles. The number of rotatable bonds is 7. The van der Waals surface area contributed by atoms with Gasteiger partial charge in [-0.3, -0.25) is 4.79 Å². The first-order valence-corrected chi connectivity index (χ1v) is 9.34. The smallest absolute Gasteiger partial charge is 0.258 e. The fraction of sp³-hybridized carbons (Fsp3) is 0.278. The van der Waals surface area contributed by atoms with Crippen LogP contribution in [0.4, 0.5) is 4.39 Å². The largest absolute Gasteiger partial charge is 0.484 e. The van der Waals surface area contributed by atoms with E-state index in [4.69, 9.17) is 4.74 Å². The van der Waals surface area contributed by atoms with Crippen molar-refractivity contribution in [2.75, 3.05) is 20.7 Å². The molecule has 6 nitrogen and oxygen atoms in total. The Bertz CT molecular complexity index is 850. The van der Waals surface area contributed by atoms with Gasteiger partial charge in [0.05, 0.1) is 10.9 Å². The molecule has 0 aliphatic carbocycles. The zero-order chi connectivity index (χ0) is 19.3. The third-order valence-electron chi connectivity index (χ3n) is 3.72. The second-order valence-electron chi connectivity index (χ2n) is 5.89. The van der Waals surface area contributed by atoms with Crippen LogP contribution >= 0.6 is 0 Å². The molecule has 1 amide bonds. The highest BCUT2D eigenvalue weighted by Gasteiger charge is 2.17. The highest BCUT2D eigenvalue weighted by atomic mass is 32.2. The van der Waals surface area contributed by atoms with Gasteiger partial charge in [0.25, 0.3) is 5.91 Å². The van der Waals surface area contributed by atoms with E-state index in [-0.39, 0.29) is 29.3 Å². The molecular weight excluding hydrogens is 359 g/mol. The first kappa shape index (κ1) is 19.9. The van der Waals surface area contributed by atoms with Gasteiger partial charge in [0, 0.05) is 14.1 Å². The van der Waals surface area contributed by atoms with Gasteiger partial charge in [0.1, 0.15) is 11.6 Å². The van der Waals surface area contributed by atoms with Crippen molar-refractivity contribution in [3.8, 4) is 5.75 Å². The summed E-state index contributed by atoms with van der Waals surface area (Å²) in [6.45, 7) is 1.57. The summed E-state index contributed by atoms with van der Waals surface area (Å²) in [5.74, 6) is -0.297. The standard InChI is InChI=1S/C18H21FN2O4S/c1-13(14-4-6-15(19)7-5-14)20-18(22)12-25-16-8-10-17(11-9-16)26(23,24)21(2)3/h4-11,13H,12H2,1-3H3,(H,20,22)/t13-/m1/s1. The molecule has 2 rings (SSSR count). The van der Waals surface area contributed by atoms with Crippen LogP contribution in [0.15, 0.2) is 53.4 Å². The van der Waals surface area contributed by atoms with E-state index >= 15 is 0 Å². The Morgan fingerprint density at radius 1 is 1.12 bits per heavy atom. The molecule has 0 radical (unpaired) electrons. The lowest BCUT2D eigenvalue weighted by molar-refractivity contribution is -0.123. The van der Waals surface area contributed by atoms with Gasteiger partial charge >= 0.3 is 0 Å². The van der Waals surface area contributed by atoms with Gasteiger partial charge in [-0.2, -0.15) is 0 Å². The molecule has 0 bridgehead atoms. The molecule has 0 saturated carbocycles. The fourth-order valence-electron chi connectivity index (χ4n) is 2.19. The Morgan fingerprint density at radius 3 is 2.23 bits per heavy atom. The third-order valence-corrected chi connectivity index (χ3v) is 5.55. The van der Waals surface area contributed by atoms with Crippen molar-refractivity contribution in [2.45, 2.75) is 17.9 Å². The van der Waals surface area contributed by atoms with Crippen molar-refractivity contribution in [1.29, 1.82) is 0 Å². The zero-order valence-electron chi connectivity index (χ0n) is 14.8. The topological polar surface area (TPSA) is 75.7 Å². The van der Waals surface area contributed by atoms with E-state index in [0.29, 0.717) is 5.75 Å². The molecule has 26 heavy (non-hydrogen) atoms. The van der Waals surface area contributed by atoms with Gasteiger partial charge in [0.2, 0.25) is 10.0 Å². The molecule has 0 fully saturated rings. The summed E-state index contributed by atoms with van der Waals surface area (Å²) >= 11 is 0. The maximum Gasteiger partial charge on any atom is 0.258 e. The minimum absolute atomic E-state index is 0.143. The summed E-state index contributed by atoms with van der Waals surface area (Å²) in [7, 11) is -0.601. The predicted octanol–water partition coefficient (Wildman–Crippen LogP) is 2.33. The van der Waals surface area contributed by atoms with Crippen LogP contribution in [-0.2, 0) is 14.8 Å². The van der Waals surface area contributed by atoms with E-state index in [1.807, 2.05) is 0 Å². The van der Waals surface area contributed by atoms with Crippen molar-refractivity contribution >= 4 is 15.9 Å². The first-order valence-electron chi connectivity index (χ1n) is 7.90. The van der Waals surface area contributed by atoms with Crippen molar-refractivity contribution in [1.82, 2.24) is 9.62 Å². The van der Waals surface area contributed by atoms with Crippen LogP contribution in [0.1, 0.15) is 18.5 Å². The van der Waals surface area contributed by atoms with E-state index in [1.165, 1.54) is 50.5 Å². The second kappa shape index (κ2) is 8.29. The quantitative estimate of drug-likeness (QED) is 0.800. The van der Waals surface area contributed by atoms with Crippen molar-refractivity contribution in [3.05, 3.63) is 59.9 Å². The van der Waals surface area contributed by atoms with E-state index in [0.717, 1.165) is 9.87 Å². The van der Waals surface area contributed by atoms with Gasteiger partial charge in [-0.15, -0.1) is 0 Å². The third kappa shape index (κ3) is 5.03. The number of carbonyl (C=O) groups is 1. The van der Waals surface area contributed by atoms with Crippen LogP contribution in [0.3, 0.4) is 0 Å². The van der Waals surface area contributed by atoms with Crippen molar-refractivity contribution in [2.24, 2.45) is 0 Å². The lowest BCUT2D eigenvalue weighted by Crippen LogP contribution is -2.31. The Morgan fingerprint density at radius 2 is 1.69 bits per heavy atom. The summed E-state index contributed by atoms with van der Waals surface area (Å²) in [6, 6.07) is 11.4. The van der Waals surface area contributed by atoms with E-state index in [1.54, 1.807) is 19.1 Å². The van der Waals surface area contributed by atoms with Gasteiger partial charge in [-0.05, 0) is 48.9 Å². The minimum atomic E-state index is -3.50. The number of benzene rings is 2. The number of nitrogens with one attached hydrogen (secondary N) is 1.